The van der Waals surface area contributed by atoms with E-state index in [2.05, 4.69) is 15.1 Å². The van der Waals surface area contributed by atoms with Crippen LogP contribution in [0.2, 0.25) is 0 Å². The SMILES string of the molecule is O=C(c1cc2ncccn2n1)N(Cc1cccc(OCc2ccc3c(c2)OCO3)c1)Cc1ccccn1. The van der Waals surface area contributed by atoms with Gasteiger partial charge in [0.2, 0.25) is 6.79 Å². The topological polar surface area (TPSA) is 91.1 Å². The van der Waals surface area contributed by atoms with Crippen molar-refractivity contribution in [2.45, 2.75) is 19.7 Å². The molecule has 37 heavy (non-hydrogen) atoms. The van der Waals surface area contributed by atoms with Crippen molar-refractivity contribution in [1.29, 1.82) is 0 Å². The summed E-state index contributed by atoms with van der Waals surface area (Å²) in [6, 6.07) is 22.6. The second-order valence-corrected chi connectivity index (χ2v) is 8.56. The van der Waals surface area contributed by atoms with Crippen LogP contribution >= 0.6 is 0 Å². The van der Waals surface area contributed by atoms with E-state index in [1.807, 2.05) is 60.7 Å². The molecular weight excluding hydrogens is 470 g/mol. The largest absolute Gasteiger partial charge is 0.489 e. The van der Waals surface area contributed by atoms with Crippen molar-refractivity contribution >= 4 is 11.6 Å². The van der Waals surface area contributed by atoms with Gasteiger partial charge in [0.25, 0.3) is 5.91 Å². The molecule has 4 heterocycles. The molecule has 2 aromatic carbocycles. The van der Waals surface area contributed by atoms with E-state index >= 15 is 0 Å². The highest BCUT2D eigenvalue weighted by molar-refractivity contribution is 5.93. The Bertz CT molecular complexity index is 1520. The highest BCUT2D eigenvalue weighted by Crippen LogP contribution is 2.32. The molecule has 5 aromatic rings. The summed E-state index contributed by atoms with van der Waals surface area (Å²) in [7, 11) is 0. The van der Waals surface area contributed by atoms with Gasteiger partial charge in [-0.15, -0.1) is 0 Å². The summed E-state index contributed by atoms with van der Waals surface area (Å²) < 4.78 is 18.5. The van der Waals surface area contributed by atoms with Crippen molar-refractivity contribution in [3.8, 4) is 17.2 Å². The monoisotopic (exact) mass is 493 g/mol. The fraction of sp³-hybridized carbons (Fsp3) is 0.143. The fourth-order valence-corrected chi connectivity index (χ4v) is 4.13. The molecule has 1 aliphatic rings. The van der Waals surface area contributed by atoms with E-state index in [0.717, 1.165) is 28.3 Å². The Hall–Kier alpha value is -4.92. The Balaban J connectivity index is 1.21. The number of fused-ring (bicyclic) bond motifs is 2. The number of ether oxygens (including phenoxy) is 3. The average molecular weight is 494 g/mol. The van der Waals surface area contributed by atoms with Gasteiger partial charge in [0.05, 0.1) is 12.2 Å². The number of nitrogens with zero attached hydrogens (tertiary/aromatic N) is 5. The third-order valence-corrected chi connectivity index (χ3v) is 5.94. The fourth-order valence-electron chi connectivity index (χ4n) is 4.13. The second-order valence-electron chi connectivity index (χ2n) is 8.56. The van der Waals surface area contributed by atoms with Crippen molar-refractivity contribution in [3.05, 3.63) is 114 Å². The summed E-state index contributed by atoms with van der Waals surface area (Å²) in [6.45, 7) is 1.31. The van der Waals surface area contributed by atoms with Crippen LogP contribution in [0.15, 0.2) is 91.4 Å². The van der Waals surface area contributed by atoms with Crippen LogP contribution in [0.3, 0.4) is 0 Å². The third kappa shape index (κ3) is 5.06. The van der Waals surface area contributed by atoms with Crippen LogP contribution in [0, 0.1) is 0 Å². The number of rotatable bonds is 8. The number of carbonyl (C=O) groups is 1. The summed E-state index contributed by atoms with van der Waals surface area (Å²) >= 11 is 0. The molecular formula is C28H23N5O4. The van der Waals surface area contributed by atoms with Gasteiger partial charge in [-0.3, -0.25) is 9.78 Å². The van der Waals surface area contributed by atoms with E-state index < -0.39 is 0 Å². The second kappa shape index (κ2) is 9.98. The molecule has 6 rings (SSSR count). The van der Waals surface area contributed by atoms with Crippen LogP contribution in [0.25, 0.3) is 5.65 Å². The van der Waals surface area contributed by atoms with Gasteiger partial charge in [-0.25, -0.2) is 9.50 Å². The van der Waals surface area contributed by atoms with Crippen molar-refractivity contribution in [2.75, 3.05) is 6.79 Å². The van der Waals surface area contributed by atoms with Crippen molar-refractivity contribution in [2.24, 2.45) is 0 Å². The summed E-state index contributed by atoms with van der Waals surface area (Å²) in [5, 5.41) is 4.42. The van der Waals surface area contributed by atoms with Gasteiger partial charge in [0.15, 0.2) is 22.8 Å². The van der Waals surface area contributed by atoms with Crippen LogP contribution in [0.4, 0.5) is 0 Å². The molecule has 1 aliphatic heterocycles. The van der Waals surface area contributed by atoms with Crippen LogP contribution in [-0.4, -0.2) is 37.2 Å². The number of hydrogen-bond acceptors (Lipinski definition) is 7. The van der Waals surface area contributed by atoms with Gasteiger partial charge in [0, 0.05) is 31.2 Å². The minimum Gasteiger partial charge on any atom is -0.489 e. The maximum atomic E-state index is 13.6. The number of amides is 1. The quantitative estimate of drug-likeness (QED) is 0.319. The molecule has 0 unspecified atom stereocenters. The van der Waals surface area contributed by atoms with E-state index in [-0.39, 0.29) is 12.7 Å². The predicted molar refractivity (Wildman–Crippen MR) is 134 cm³/mol. The Labute approximate surface area is 212 Å². The molecule has 9 heteroatoms. The van der Waals surface area contributed by atoms with Gasteiger partial charge >= 0.3 is 0 Å². The highest BCUT2D eigenvalue weighted by atomic mass is 16.7. The van der Waals surface area contributed by atoms with E-state index in [4.69, 9.17) is 14.2 Å². The van der Waals surface area contributed by atoms with Crippen LogP contribution in [0.5, 0.6) is 17.2 Å². The Morgan fingerprint density at radius 2 is 1.81 bits per heavy atom. The van der Waals surface area contributed by atoms with Gasteiger partial charge in [-0.2, -0.15) is 5.10 Å². The lowest BCUT2D eigenvalue weighted by molar-refractivity contribution is 0.0721. The lowest BCUT2D eigenvalue weighted by atomic mass is 10.1. The average Bonchev–Trinajstić information content (AvgIpc) is 3.59. The minimum absolute atomic E-state index is 0.206. The first-order valence-corrected chi connectivity index (χ1v) is 11.8. The van der Waals surface area contributed by atoms with Crippen LogP contribution in [-0.2, 0) is 19.7 Å². The first kappa shape index (κ1) is 22.5. The molecule has 3 aromatic heterocycles. The first-order chi connectivity index (χ1) is 18.2. The van der Waals surface area contributed by atoms with Crippen molar-refractivity contribution in [1.82, 2.24) is 24.5 Å². The molecule has 1 amide bonds. The van der Waals surface area contributed by atoms with Crippen molar-refractivity contribution in [3.63, 3.8) is 0 Å². The molecule has 0 spiro atoms. The standard InChI is InChI=1S/C28H23N5O4/c34-28(24-15-27-30-11-4-12-33(27)31-24)32(17-22-6-1-2-10-29-22)16-20-5-3-7-23(13-20)35-18-21-8-9-25-26(14-21)37-19-36-25/h1-15H,16-19H2. The molecule has 0 bridgehead atoms. The maximum Gasteiger partial charge on any atom is 0.275 e. The highest BCUT2D eigenvalue weighted by Gasteiger charge is 2.21. The normalized spacial score (nSPS) is 12.0. The van der Waals surface area contributed by atoms with E-state index in [1.165, 1.54) is 0 Å². The molecule has 0 atom stereocenters. The van der Waals surface area contributed by atoms with Crippen LogP contribution in [0.1, 0.15) is 27.3 Å². The van der Waals surface area contributed by atoms with Gasteiger partial charge in [0.1, 0.15) is 12.4 Å². The zero-order valence-corrected chi connectivity index (χ0v) is 19.9. The number of pyridine rings is 1. The molecule has 9 nitrogen and oxygen atoms in total. The van der Waals surface area contributed by atoms with Gasteiger partial charge < -0.3 is 19.1 Å². The number of benzene rings is 2. The molecule has 0 N–H and O–H groups in total. The third-order valence-electron chi connectivity index (χ3n) is 5.94. The summed E-state index contributed by atoms with van der Waals surface area (Å²) in [4.78, 5) is 24.0. The number of carbonyl (C=O) groups excluding carboxylic acids is 1. The lowest BCUT2D eigenvalue weighted by Gasteiger charge is -2.22. The molecule has 0 aliphatic carbocycles. The summed E-state index contributed by atoms with van der Waals surface area (Å²) in [6.07, 6.45) is 5.16. The Morgan fingerprint density at radius 3 is 2.70 bits per heavy atom. The smallest absolute Gasteiger partial charge is 0.275 e. The summed E-state index contributed by atoms with van der Waals surface area (Å²) in [5.41, 5.74) is 3.62. The molecule has 0 radical (unpaired) electrons. The lowest BCUT2D eigenvalue weighted by Crippen LogP contribution is -2.30. The number of hydrogen-bond donors (Lipinski definition) is 0. The van der Waals surface area contributed by atoms with E-state index in [1.54, 1.807) is 40.1 Å². The van der Waals surface area contributed by atoms with Crippen molar-refractivity contribution < 1.29 is 19.0 Å². The van der Waals surface area contributed by atoms with Gasteiger partial charge in [-0.1, -0.05) is 24.3 Å². The number of aromatic nitrogens is 4. The van der Waals surface area contributed by atoms with E-state index in [0.29, 0.717) is 36.8 Å². The molecule has 184 valence electrons. The Morgan fingerprint density at radius 1 is 0.892 bits per heavy atom. The van der Waals surface area contributed by atoms with Gasteiger partial charge in [-0.05, 0) is 53.6 Å². The molecule has 0 saturated heterocycles. The van der Waals surface area contributed by atoms with E-state index in [9.17, 15) is 4.79 Å². The van der Waals surface area contributed by atoms with Crippen LogP contribution < -0.4 is 14.2 Å². The minimum atomic E-state index is -0.206. The molecule has 0 saturated carbocycles. The summed E-state index contributed by atoms with van der Waals surface area (Å²) in [5.74, 6) is 1.96. The first-order valence-electron chi connectivity index (χ1n) is 11.8. The molecule has 0 fully saturated rings. The Kier molecular flexibility index (Phi) is 6.08. The zero-order valence-electron chi connectivity index (χ0n) is 19.9. The maximum absolute atomic E-state index is 13.6. The zero-order chi connectivity index (χ0) is 25.0. The predicted octanol–water partition coefficient (Wildman–Crippen LogP) is 4.27.